The maximum absolute atomic E-state index is 13.1. The zero-order valence-corrected chi connectivity index (χ0v) is 31.5. The zero-order valence-electron chi connectivity index (χ0n) is 29.9. The Balaban J connectivity index is 0.00000541. The molecular formula is C43H44Cl2FN3O4. The van der Waals surface area contributed by atoms with Gasteiger partial charge in [0.25, 0.3) is 0 Å². The Kier molecular flexibility index (Phi) is 14.3. The van der Waals surface area contributed by atoms with Crippen LogP contribution in [0.2, 0.25) is 5.02 Å². The third-order valence-electron chi connectivity index (χ3n) is 8.94. The highest BCUT2D eigenvalue weighted by Crippen LogP contribution is 2.30. The van der Waals surface area contributed by atoms with Gasteiger partial charge in [-0.2, -0.15) is 0 Å². The van der Waals surface area contributed by atoms with Crippen molar-refractivity contribution in [1.82, 2.24) is 14.8 Å². The van der Waals surface area contributed by atoms with Gasteiger partial charge >= 0.3 is 0 Å². The van der Waals surface area contributed by atoms with Crippen molar-refractivity contribution in [3.8, 4) is 23.1 Å². The van der Waals surface area contributed by atoms with E-state index >= 15 is 0 Å². The summed E-state index contributed by atoms with van der Waals surface area (Å²) in [6.45, 7) is 9.16. The second-order valence-electron chi connectivity index (χ2n) is 13.1. The van der Waals surface area contributed by atoms with E-state index in [4.69, 9.17) is 25.8 Å². The van der Waals surface area contributed by atoms with E-state index in [0.717, 1.165) is 42.9 Å². The van der Waals surface area contributed by atoms with Gasteiger partial charge in [0, 0.05) is 51.3 Å². The van der Waals surface area contributed by atoms with Gasteiger partial charge in [-0.1, -0.05) is 80.0 Å². The minimum Gasteiger partial charge on any atom is -0.493 e. The molecule has 4 aromatic carbocycles. The first-order valence-electron chi connectivity index (χ1n) is 17.6. The molecule has 10 heteroatoms. The van der Waals surface area contributed by atoms with E-state index in [1.807, 2.05) is 23.1 Å². The Morgan fingerprint density at radius 2 is 1.51 bits per heavy atom. The first-order valence-corrected chi connectivity index (χ1v) is 18.0. The molecule has 1 saturated heterocycles. The maximum atomic E-state index is 13.1. The number of carbonyl (C=O) groups is 1. The van der Waals surface area contributed by atoms with E-state index < -0.39 is 0 Å². The molecule has 0 spiro atoms. The summed E-state index contributed by atoms with van der Waals surface area (Å²) >= 11 is 6.51. The Hall–Kier alpha value is -4.89. The number of pyridine rings is 1. The largest absolute Gasteiger partial charge is 0.493 e. The predicted molar refractivity (Wildman–Crippen MR) is 211 cm³/mol. The fourth-order valence-corrected chi connectivity index (χ4v) is 6.01. The first-order chi connectivity index (χ1) is 25.3. The average Bonchev–Trinajstić information content (AvgIpc) is 3.16. The van der Waals surface area contributed by atoms with Gasteiger partial charge in [0.05, 0.1) is 17.8 Å². The van der Waals surface area contributed by atoms with Crippen molar-refractivity contribution in [2.24, 2.45) is 0 Å². The molecule has 2 heterocycles. The zero-order chi connectivity index (χ0) is 36.3. The molecule has 0 saturated carbocycles. The van der Waals surface area contributed by atoms with Gasteiger partial charge in [-0.15, -0.1) is 12.4 Å². The lowest BCUT2D eigenvalue weighted by atomic mass is 10.0. The molecule has 0 N–H and O–H groups in total. The SMILES string of the molecule is CC(C)c1ccc(OCCc2ccc(CN3CCN(C(=O)/C=C/c4ccc(Oc5ccc(OCc6ccc(F)cc6)cn5)c(Cl)c4)CC3)cc2)cc1.Cl. The van der Waals surface area contributed by atoms with E-state index in [2.05, 4.69) is 60.1 Å². The van der Waals surface area contributed by atoms with Crippen molar-refractivity contribution >= 4 is 36.0 Å². The fraction of sp³-hybridized carbons (Fsp3) is 0.256. The number of halogens is 3. The minimum atomic E-state index is -0.288. The van der Waals surface area contributed by atoms with E-state index in [1.165, 1.54) is 28.8 Å². The van der Waals surface area contributed by atoms with Gasteiger partial charge in [-0.25, -0.2) is 9.37 Å². The van der Waals surface area contributed by atoms with Gasteiger partial charge < -0.3 is 19.1 Å². The normalized spacial score (nSPS) is 13.2. The van der Waals surface area contributed by atoms with E-state index in [-0.39, 0.29) is 24.1 Å². The number of amides is 1. The number of hydrogen-bond donors (Lipinski definition) is 0. The monoisotopic (exact) mass is 755 g/mol. The summed E-state index contributed by atoms with van der Waals surface area (Å²) in [5, 5.41) is 0.398. The highest BCUT2D eigenvalue weighted by molar-refractivity contribution is 6.32. The summed E-state index contributed by atoms with van der Waals surface area (Å²) in [5.41, 5.74) is 5.47. The molecule has 6 rings (SSSR count). The fourth-order valence-electron chi connectivity index (χ4n) is 5.78. The first kappa shape index (κ1) is 39.3. The molecular weight excluding hydrogens is 712 g/mol. The highest BCUT2D eigenvalue weighted by Gasteiger charge is 2.20. The van der Waals surface area contributed by atoms with Crippen molar-refractivity contribution in [3.05, 3.63) is 154 Å². The molecule has 0 atom stereocenters. The quantitative estimate of drug-likeness (QED) is 0.105. The van der Waals surface area contributed by atoms with Crippen LogP contribution in [-0.4, -0.2) is 53.5 Å². The maximum Gasteiger partial charge on any atom is 0.246 e. The van der Waals surface area contributed by atoms with E-state index in [0.29, 0.717) is 54.6 Å². The van der Waals surface area contributed by atoms with Crippen molar-refractivity contribution in [2.75, 3.05) is 32.8 Å². The van der Waals surface area contributed by atoms with Crippen molar-refractivity contribution < 1.29 is 23.4 Å². The number of aromatic nitrogens is 1. The molecule has 0 radical (unpaired) electrons. The van der Waals surface area contributed by atoms with Crippen LogP contribution in [0, 0.1) is 5.82 Å². The van der Waals surface area contributed by atoms with Crippen molar-refractivity contribution in [2.45, 2.75) is 39.3 Å². The Bertz CT molecular complexity index is 1930. The second-order valence-corrected chi connectivity index (χ2v) is 13.5. The van der Waals surface area contributed by atoms with Gasteiger partial charge in [-0.3, -0.25) is 9.69 Å². The summed E-state index contributed by atoms with van der Waals surface area (Å²) in [5.74, 6) is 2.47. The molecule has 1 aliphatic rings. The molecule has 0 bridgehead atoms. The number of hydrogen-bond acceptors (Lipinski definition) is 6. The lowest BCUT2D eigenvalue weighted by molar-refractivity contribution is -0.127. The number of benzene rings is 4. The average molecular weight is 757 g/mol. The number of carbonyl (C=O) groups excluding carboxylic acids is 1. The molecule has 0 aliphatic carbocycles. The lowest BCUT2D eigenvalue weighted by Crippen LogP contribution is -2.47. The van der Waals surface area contributed by atoms with E-state index in [9.17, 15) is 9.18 Å². The Labute approximate surface area is 322 Å². The van der Waals surface area contributed by atoms with Crippen molar-refractivity contribution in [1.29, 1.82) is 0 Å². The van der Waals surface area contributed by atoms with E-state index in [1.54, 1.807) is 54.7 Å². The van der Waals surface area contributed by atoms with Crippen LogP contribution in [0.15, 0.2) is 115 Å². The van der Waals surface area contributed by atoms with Crippen LogP contribution in [0.1, 0.15) is 47.6 Å². The molecule has 1 amide bonds. The molecule has 5 aromatic rings. The summed E-state index contributed by atoms with van der Waals surface area (Å²) in [6.07, 6.45) is 5.77. The smallest absolute Gasteiger partial charge is 0.246 e. The molecule has 0 unspecified atom stereocenters. The summed E-state index contributed by atoms with van der Waals surface area (Å²) < 4.78 is 30.6. The molecule has 1 aromatic heterocycles. The standard InChI is InChI=1S/C43H43ClFN3O4.ClH/c1-31(2)36-11-15-38(16-12-36)50-26-21-32-3-5-34(6-4-32)29-47-22-24-48(25-23-47)43(49)20-10-33-9-18-41(40(44)27-33)52-42-19-17-39(28-46-42)51-30-35-7-13-37(45)14-8-35;/h3-20,27-28,31H,21-26,29-30H2,1-2H3;1H/b20-10+;. The number of rotatable bonds is 14. The topological polar surface area (TPSA) is 64.1 Å². The van der Waals surface area contributed by atoms with Gasteiger partial charge in [0.15, 0.2) is 0 Å². The number of nitrogens with zero attached hydrogens (tertiary/aromatic N) is 3. The van der Waals surface area contributed by atoms with Crippen LogP contribution in [0.3, 0.4) is 0 Å². The highest BCUT2D eigenvalue weighted by atomic mass is 35.5. The van der Waals surface area contributed by atoms with Crippen LogP contribution in [-0.2, 0) is 24.4 Å². The van der Waals surface area contributed by atoms with Gasteiger partial charge in [-0.05, 0) is 82.3 Å². The third kappa shape index (κ3) is 11.8. The molecule has 1 fully saturated rings. The van der Waals surface area contributed by atoms with Crippen LogP contribution in [0.5, 0.6) is 23.1 Å². The Morgan fingerprint density at radius 3 is 2.17 bits per heavy atom. The summed E-state index contributed by atoms with van der Waals surface area (Å²) in [7, 11) is 0. The summed E-state index contributed by atoms with van der Waals surface area (Å²) in [4.78, 5) is 21.5. The number of ether oxygens (including phenoxy) is 3. The van der Waals surface area contributed by atoms with Crippen molar-refractivity contribution in [3.63, 3.8) is 0 Å². The molecule has 7 nitrogen and oxygen atoms in total. The van der Waals surface area contributed by atoms with Gasteiger partial charge in [0.1, 0.15) is 29.7 Å². The molecule has 53 heavy (non-hydrogen) atoms. The third-order valence-corrected chi connectivity index (χ3v) is 9.23. The predicted octanol–water partition coefficient (Wildman–Crippen LogP) is 9.77. The summed E-state index contributed by atoms with van der Waals surface area (Å²) in [6, 6.07) is 32.0. The van der Waals surface area contributed by atoms with Crippen LogP contribution < -0.4 is 14.2 Å². The van der Waals surface area contributed by atoms with Crippen LogP contribution in [0.25, 0.3) is 6.08 Å². The van der Waals surface area contributed by atoms with Gasteiger partial charge in [0.2, 0.25) is 11.8 Å². The lowest BCUT2D eigenvalue weighted by Gasteiger charge is -2.34. The second kappa shape index (κ2) is 19.3. The van der Waals surface area contributed by atoms with Crippen LogP contribution in [0.4, 0.5) is 4.39 Å². The molecule has 1 aliphatic heterocycles. The Morgan fingerprint density at radius 1 is 0.830 bits per heavy atom. The molecule has 276 valence electrons. The van der Waals surface area contributed by atoms with Crippen LogP contribution >= 0.6 is 24.0 Å². The minimum absolute atomic E-state index is 0. The number of piperazine rings is 1.